The normalized spacial score (nSPS) is 11.7. The number of aromatic nitrogens is 1. The largest absolute Gasteiger partial charge is 0.370 e. The van der Waals surface area contributed by atoms with Gasteiger partial charge in [0, 0.05) is 19.0 Å². The number of carbonyl (C=O) groups excluding carboxylic acids is 1. The molecular weight excluding hydrogens is 250 g/mol. The third-order valence-corrected chi connectivity index (χ3v) is 2.28. The van der Waals surface area contributed by atoms with Crippen molar-refractivity contribution in [3.63, 3.8) is 0 Å². The third-order valence-electron chi connectivity index (χ3n) is 2.28. The van der Waals surface area contributed by atoms with Gasteiger partial charge in [-0.25, -0.2) is 4.98 Å². The Hall–Kier alpha value is -2.38. The van der Waals surface area contributed by atoms with Crippen LogP contribution in [-0.4, -0.2) is 28.4 Å². The molecule has 0 aromatic carbocycles. The molecule has 104 valence electrons. The zero-order chi connectivity index (χ0) is 14.4. The lowest BCUT2D eigenvalue weighted by Crippen LogP contribution is -2.24. The van der Waals surface area contributed by atoms with Crippen LogP contribution in [0.1, 0.15) is 20.3 Å². The first-order valence-corrected chi connectivity index (χ1v) is 5.87. The van der Waals surface area contributed by atoms with Crippen LogP contribution in [0.15, 0.2) is 12.1 Å². The van der Waals surface area contributed by atoms with Crippen LogP contribution in [0, 0.1) is 10.1 Å². The second kappa shape index (κ2) is 6.53. The fourth-order valence-corrected chi connectivity index (χ4v) is 1.57. The quantitative estimate of drug-likeness (QED) is 0.502. The molecule has 8 nitrogen and oxygen atoms in total. The van der Waals surface area contributed by atoms with E-state index < -0.39 is 10.8 Å². The lowest BCUT2D eigenvalue weighted by molar-refractivity contribution is -0.384. The first kappa shape index (κ1) is 14.7. The number of carbonyl (C=O) groups is 1. The Morgan fingerprint density at radius 1 is 1.53 bits per heavy atom. The molecule has 8 heteroatoms. The molecule has 0 aliphatic heterocycles. The molecule has 1 heterocycles. The van der Waals surface area contributed by atoms with Crippen molar-refractivity contribution in [3.8, 4) is 0 Å². The summed E-state index contributed by atoms with van der Waals surface area (Å²) < 4.78 is 0. The fourth-order valence-electron chi connectivity index (χ4n) is 1.57. The lowest BCUT2D eigenvalue weighted by atomic mass is 10.2. The minimum atomic E-state index is -0.494. The molecule has 1 unspecified atom stereocenters. The number of pyridine rings is 1. The molecule has 1 amide bonds. The van der Waals surface area contributed by atoms with Crippen LogP contribution < -0.4 is 16.4 Å². The number of primary amides is 1. The summed E-state index contributed by atoms with van der Waals surface area (Å²) >= 11 is 0. The van der Waals surface area contributed by atoms with Gasteiger partial charge in [-0.2, -0.15) is 0 Å². The first-order chi connectivity index (χ1) is 8.92. The van der Waals surface area contributed by atoms with Gasteiger partial charge in [-0.05, 0) is 13.8 Å². The first-order valence-electron chi connectivity index (χ1n) is 5.87. The van der Waals surface area contributed by atoms with Crippen molar-refractivity contribution in [1.82, 2.24) is 4.98 Å². The summed E-state index contributed by atoms with van der Waals surface area (Å²) in [5, 5.41) is 16.6. The summed E-state index contributed by atoms with van der Waals surface area (Å²) in [7, 11) is 0. The van der Waals surface area contributed by atoms with E-state index in [4.69, 9.17) is 5.73 Å². The van der Waals surface area contributed by atoms with E-state index in [9.17, 15) is 14.9 Å². The molecule has 1 rings (SSSR count). The molecule has 0 saturated heterocycles. The van der Waals surface area contributed by atoms with Crippen LogP contribution in [0.5, 0.6) is 0 Å². The number of hydrogen-bond acceptors (Lipinski definition) is 6. The van der Waals surface area contributed by atoms with Crippen molar-refractivity contribution < 1.29 is 9.72 Å². The molecule has 1 aromatic heterocycles. The van der Waals surface area contributed by atoms with Gasteiger partial charge in [0.25, 0.3) is 5.69 Å². The molecule has 19 heavy (non-hydrogen) atoms. The number of amides is 1. The van der Waals surface area contributed by atoms with Crippen LogP contribution in [0.2, 0.25) is 0 Å². The van der Waals surface area contributed by atoms with Crippen molar-refractivity contribution >= 4 is 23.2 Å². The Kier molecular flexibility index (Phi) is 5.04. The molecule has 0 radical (unpaired) electrons. The van der Waals surface area contributed by atoms with Crippen LogP contribution in [0.4, 0.5) is 17.3 Å². The van der Waals surface area contributed by atoms with Gasteiger partial charge < -0.3 is 16.4 Å². The predicted molar refractivity (Wildman–Crippen MR) is 72.0 cm³/mol. The van der Waals surface area contributed by atoms with Crippen LogP contribution in [0.3, 0.4) is 0 Å². The maximum Gasteiger partial charge on any atom is 0.276 e. The SMILES string of the molecule is CCNc1cc([N+](=O)[O-])cc(NC(C)CC(N)=O)n1. The van der Waals surface area contributed by atoms with Crippen LogP contribution >= 0.6 is 0 Å². The van der Waals surface area contributed by atoms with Crippen molar-refractivity contribution in [2.45, 2.75) is 26.3 Å². The number of hydrogen-bond donors (Lipinski definition) is 3. The van der Waals surface area contributed by atoms with Gasteiger partial charge in [0.1, 0.15) is 11.6 Å². The standard InChI is InChI=1S/C11H17N5O3/c1-3-13-10-5-8(16(18)19)6-11(15-10)14-7(2)4-9(12)17/h5-7H,3-4H2,1-2H3,(H2,12,17)(H2,13,14,15). The van der Waals surface area contributed by atoms with E-state index in [-0.39, 0.29) is 18.2 Å². The highest BCUT2D eigenvalue weighted by Crippen LogP contribution is 2.21. The Labute approximate surface area is 110 Å². The molecule has 0 saturated carbocycles. The maximum atomic E-state index is 10.8. The van der Waals surface area contributed by atoms with E-state index in [1.807, 2.05) is 6.92 Å². The number of rotatable bonds is 7. The number of nitrogens with one attached hydrogen (secondary N) is 2. The summed E-state index contributed by atoms with van der Waals surface area (Å²) in [6.45, 7) is 4.21. The second-order valence-corrected chi connectivity index (χ2v) is 4.10. The molecule has 0 bridgehead atoms. The molecular formula is C11H17N5O3. The van der Waals surface area contributed by atoms with Gasteiger partial charge in [0.2, 0.25) is 5.91 Å². The minimum absolute atomic E-state index is 0.0697. The summed E-state index contributed by atoms with van der Waals surface area (Å²) in [5.74, 6) is 0.293. The average molecular weight is 267 g/mol. The van der Waals surface area contributed by atoms with E-state index in [1.165, 1.54) is 12.1 Å². The van der Waals surface area contributed by atoms with Crippen LogP contribution in [0.25, 0.3) is 0 Å². The van der Waals surface area contributed by atoms with Gasteiger partial charge in [-0.1, -0.05) is 0 Å². The lowest BCUT2D eigenvalue weighted by Gasteiger charge is -2.13. The van der Waals surface area contributed by atoms with Crippen molar-refractivity contribution in [3.05, 3.63) is 22.2 Å². The van der Waals surface area contributed by atoms with Gasteiger partial charge in [-0.3, -0.25) is 14.9 Å². The average Bonchev–Trinajstić information content (AvgIpc) is 2.27. The van der Waals surface area contributed by atoms with E-state index in [0.29, 0.717) is 18.2 Å². The number of nitro groups is 1. The minimum Gasteiger partial charge on any atom is -0.370 e. The number of anilines is 2. The van der Waals surface area contributed by atoms with E-state index in [0.717, 1.165) is 0 Å². The Morgan fingerprint density at radius 3 is 2.68 bits per heavy atom. The smallest absolute Gasteiger partial charge is 0.276 e. The molecule has 0 aliphatic rings. The van der Waals surface area contributed by atoms with Gasteiger partial charge in [0.05, 0.1) is 17.1 Å². The maximum absolute atomic E-state index is 10.8. The second-order valence-electron chi connectivity index (χ2n) is 4.10. The van der Waals surface area contributed by atoms with E-state index >= 15 is 0 Å². The highest BCUT2D eigenvalue weighted by atomic mass is 16.6. The molecule has 1 atom stereocenters. The zero-order valence-corrected chi connectivity index (χ0v) is 10.8. The molecule has 0 aliphatic carbocycles. The fraction of sp³-hybridized carbons (Fsp3) is 0.455. The summed E-state index contributed by atoms with van der Waals surface area (Å²) in [5.41, 5.74) is 5.01. The monoisotopic (exact) mass is 267 g/mol. The molecule has 1 aromatic rings. The van der Waals surface area contributed by atoms with Gasteiger partial charge in [-0.15, -0.1) is 0 Å². The molecule has 0 fully saturated rings. The molecule has 4 N–H and O–H groups in total. The topological polar surface area (TPSA) is 123 Å². The van der Waals surface area contributed by atoms with E-state index in [2.05, 4.69) is 15.6 Å². The Bertz CT molecular complexity index is 477. The van der Waals surface area contributed by atoms with Crippen LogP contribution in [-0.2, 0) is 4.79 Å². The summed E-state index contributed by atoms with van der Waals surface area (Å²) in [6, 6.07) is 2.42. The third kappa shape index (κ3) is 4.78. The van der Waals surface area contributed by atoms with E-state index in [1.54, 1.807) is 6.92 Å². The zero-order valence-electron chi connectivity index (χ0n) is 10.8. The Balaban J connectivity index is 2.92. The van der Waals surface area contributed by atoms with Crippen molar-refractivity contribution in [2.75, 3.05) is 17.2 Å². The highest BCUT2D eigenvalue weighted by molar-refractivity contribution is 5.74. The van der Waals surface area contributed by atoms with Crippen molar-refractivity contribution in [2.24, 2.45) is 5.73 Å². The highest BCUT2D eigenvalue weighted by Gasteiger charge is 2.13. The van der Waals surface area contributed by atoms with Crippen molar-refractivity contribution in [1.29, 1.82) is 0 Å². The van der Waals surface area contributed by atoms with Gasteiger partial charge >= 0.3 is 0 Å². The number of nitrogens with zero attached hydrogens (tertiary/aromatic N) is 2. The predicted octanol–water partition coefficient (Wildman–Crippen LogP) is 1.10. The summed E-state index contributed by atoms with van der Waals surface area (Å²) in [6.07, 6.45) is 0.126. The molecule has 0 spiro atoms. The van der Waals surface area contributed by atoms with Gasteiger partial charge in [0.15, 0.2) is 0 Å². The number of nitrogens with two attached hydrogens (primary N) is 1. The summed E-state index contributed by atoms with van der Waals surface area (Å²) in [4.78, 5) is 25.3. The Morgan fingerprint density at radius 2 is 2.16 bits per heavy atom.